The first-order chi connectivity index (χ1) is 7.13. The van der Waals surface area contributed by atoms with Crippen LogP contribution in [-0.2, 0) is 0 Å². The molecule has 0 aliphatic heterocycles. The van der Waals surface area contributed by atoms with Crippen molar-refractivity contribution in [2.45, 2.75) is 19.9 Å². The number of imidazole rings is 1. The highest BCUT2D eigenvalue weighted by molar-refractivity contribution is 6.35. The van der Waals surface area contributed by atoms with Gasteiger partial charge in [0, 0.05) is 11.6 Å². The van der Waals surface area contributed by atoms with Gasteiger partial charge in [0.2, 0.25) is 0 Å². The number of carbonyl (C=O) groups excluding carboxylic acids is 1. The first-order valence-corrected chi connectivity index (χ1v) is 5.12. The summed E-state index contributed by atoms with van der Waals surface area (Å²) >= 11 is 6.11. The number of carbonyl (C=O) groups is 1. The van der Waals surface area contributed by atoms with Crippen molar-refractivity contribution >= 4 is 28.9 Å². The highest BCUT2D eigenvalue weighted by Crippen LogP contribution is 2.26. The maximum atomic E-state index is 10.6. The third-order valence-electron chi connectivity index (χ3n) is 2.34. The van der Waals surface area contributed by atoms with Crippen LogP contribution in [0, 0.1) is 0 Å². The molecule has 2 aromatic rings. The Hall–Kier alpha value is -1.35. The van der Waals surface area contributed by atoms with E-state index in [0.717, 1.165) is 17.3 Å². The molecule has 2 rings (SSSR count). The number of nitrogens with zero attached hydrogens (tertiary/aromatic N) is 2. The van der Waals surface area contributed by atoms with E-state index in [1.807, 2.05) is 4.57 Å². The number of aldehydes is 1. The van der Waals surface area contributed by atoms with Crippen molar-refractivity contribution in [3.63, 3.8) is 0 Å². The van der Waals surface area contributed by atoms with Gasteiger partial charge < -0.3 is 4.57 Å². The molecular formula is C11H11ClN2O. The van der Waals surface area contributed by atoms with Crippen LogP contribution in [-0.4, -0.2) is 15.8 Å². The van der Waals surface area contributed by atoms with E-state index in [1.54, 1.807) is 18.5 Å². The van der Waals surface area contributed by atoms with Crippen LogP contribution in [0.5, 0.6) is 0 Å². The number of fused-ring (bicyclic) bond motifs is 1. The van der Waals surface area contributed by atoms with Gasteiger partial charge in [0.25, 0.3) is 0 Å². The predicted molar refractivity (Wildman–Crippen MR) is 60.5 cm³/mol. The summed E-state index contributed by atoms with van der Waals surface area (Å²) in [7, 11) is 0. The fourth-order valence-corrected chi connectivity index (χ4v) is 1.92. The smallest absolute Gasteiger partial charge is 0.150 e. The van der Waals surface area contributed by atoms with Gasteiger partial charge in [-0.15, -0.1) is 0 Å². The normalized spacial score (nSPS) is 11.2. The van der Waals surface area contributed by atoms with Crippen LogP contribution in [0.3, 0.4) is 0 Å². The third kappa shape index (κ3) is 1.63. The second-order valence-corrected chi connectivity index (χ2v) is 4.14. The fourth-order valence-electron chi connectivity index (χ4n) is 1.60. The fraction of sp³-hybridized carbons (Fsp3) is 0.273. The van der Waals surface area contributed by atoms with E-state index in [-0.39, 0.29) is 0 Å². The second-order valence-electron chi connectivity index (χ2n) is 3.73. The van der Waals surface area contributed by atoms with Crippen molar-refractivity contribution in [2.75, 3.05) is 0 Å². The SMILES string of the molecule is CC(C)n1cnc2cc(C=O)cc(Cl)c21. The average molecular weight is 223 g/mol. The van der Waals surface area contributed by atoms with E-state index in [9.17, 15) is 4.79 Å². The molecule has 1 aromatic carbocycles. The lowest BCUT2D eigenvalue weighted by molar-refractivity contribution is 0.112. The van der Waals surface area contributed by atoms with Crippen LogP contribution in [0.2, 0.25) is 5.02 Å². The van der Waals surface area contributed by atoms with Gasteiger partial charge in [-0.3, -0.25) is 4.79 Å². The van der Waals surface area contributed by atoms with E-state index >= 15 is 0 Å². The number of aromatic nitrogens is 2. The molecule has 0 aliphatic rings. The summed E-state index contributed by atoms with van der Waals surface area (Å²) in [6.07, 6.45) is 2.52. The molecule has 0 spiro atoms. The highest BCUT2D eigenvalue weighted by atomic mass is 35.5. The topological polar surface area (TPSA) is 34.9 Å². The van der Waals surface area contributed by atoms with E-state index in [1.165, 1.54) is 0 Å². The quantitative estimate of drug-likeness (QED) is 0.732. The number of hydrogen-bond donors (Lipinski definition) is 0. The Bertz CT molecular complexity index is 517. The molecule has 1 aromatic heterocycles. The first kappa shape index (κ1) is 10.2. The maximum Gasteiger partial charge on any atom is 0.150 e. The molecular weight excluding hydrogens is 212 g/mol. The zero-order valence-corrected chi connectivity index (χ0v) is 9.32. The van der Waals surface area contributed by atoms with E-state index < -0.39 is 0 Å². The minimum absolute atomic E-state index is 0.301. The summed E-state index contributed by atoms with van der Waals surface area (Å²) in [5, 5.41) is 0.570. The summed E-state index contributed by atoms with van der Waals surface area (Å²) in [5.41, 5.74) is 2.21. The van der Waals surface area contributed by atoms with Gasteiger partial charge in [-0.2, -0.15) is 0 Å². The Balaban J connectivity index is 2.76. The molecule has 0 saturated carbocycles. The van der Waals surface area contributed by atoms with Crippen molar-refractivity contribution in [3.05, 3.63) is 29.0 Å². The lowest BCUT2D eigenvalue weighted by Crippen LogP contribution is -1.98. The van der Waals surface area contributed by atoms with E-state index in [4.69, 9.17) is 11.6 Å². The molecule has 1 heterocycles. The number of hydrogen-bond acceptors (Lipinski definition) is 2. The van der Waals surface area contributed by atoms with Crippen LogP contribution < -0.4 is 0 Å². The molecule has 0 amide bonds. The van der Waals surface area contributed by atoms with Gasteiger partial charge >= 0.3 is 0 Å². The Labute approximate surface area is 92.7 Å². The second kappa shape index (κ2) is 3.66. The van der Waals surface area contributed by atoms with Crippen LogP contribution in [0.4, 0.5) is 0 Å². The van der Waals surface area contributed by atoms with Crippen molar-refractivity contribution in [1.82, 2.24) is 9.55 Å². The lowest BCUT2D eigenvalue weighted by Gasteiger charge is -2.08. The summed E-state index contributed by atoms with van der Waals surface area (Å²) in [5.74, 6) is 0. The van der Waals surface area contributed by atoms with Gasteiger partial charge in [-0.1, -0.05) is 11.6 Å². The lowest BCUT2D eigenvalue weighted by atomic mass is 10.2. The number of benzene rings is 1. The van der Waals surface area contributed by atoms with Crippen molar-refractivity contribution in [2.24, 2.45) is 0 Å². The monoisotopic (exact) mass is 222 g/mol. The van der Waals surface area contributed by atoms with Crippen LogP contribution in [0.25, 0.3) is 11.0 Å². The van der Waals surface area contributed by atoms with Gasteiger partial charge in [0.15, 0.2) is 0 Å². The summed E-state index contributed by atoms with van der Waals surface area (Å²) < 4.78 is 1.99. The average Bonchev–Trinajstić information content (AvgIpc) is 2.61. The zero-order chi connectivity index (χ0) is 11.0. The Morgan fingerprint density at radius 2 is 2.20 bits per heavy atom. The van der Waals surface area contributed by atoms with Gasteiger partial charge in [-0.25, -0.2) is 4.98 Å². The minimum Gasteiger partial charge on any atom is -0.327 e. The largest absolute Gasteiger partial charge is 0.327 e. The Morgan fingerprint density at radius 1 is 1.47 bits per heavy atom. The molecule has 0 fully saturated rings. The Morgan fingerprint density at radius 3 is 2.80 bits per heavy atom. The molecule has 0 atom stereocenters. The van der Waals surface area contributed by atoms with E-state index in [2.05, 4.69) is 18.8 Å². The molecule has 15 heavy (non-hydrogen) atoms. The maximum absolute atomic E-state index is 10.6. The standard InChI is InChI=1S/C11H11ClN2O/c1-7(2)14-6-13-10-4-8(5-15)3-9(12)11(10)14/h3-7H,1-2H3. The number of halogens is 1. The molecule has 4 heteroatoms. The highest BCUT2D eigenvalue weighted by Gasteiger charge is 2.10. The number of rotatable bonds is 2. The minimum atomic E-state index is 0.301. The molecule has 0 saturated heterocycles. The van der Waals surface area contributed by atoms with Gasteiger partial charge in [-0.05, 0) is 26.0 Å². The Kier molecular flexibility index (Phi) is 2.49. The molecule has 3 nitrogen and oxygen atoms in total. The molecule has 78 valence electrons. The first-order valence-electron chi connectivity index (χ1n) is 4.74. The van der Waals surface area contributed by atoms with Gasteiger partial charge in [0.1, 0.15) is 6.29 Å². The molecule has 0 aliphatic carbocycles. The van der Waals surface area contributed by atoms with Crippen LogP contribution >= 0.6 is 11.6 Å². The summed E-state index contributed by atoms with van der Waals surface area (Å²) in [6.45, 7) is 4.12. The van der Waals surface area contributed by atoms with Crippen LogP contribution in [0.1, 0.15) is 30.2 Å². The zero-order valence-electron chi connectivity index (χ0n) is 8.57. The summed E-state index contributed by atoms with van der Waals surface area (Å²) in [4.78, 5) is 14.9. The van der Waals surface area contributed by atoms with Crippen molar-refractivity contribution in [3.8, 4) is 0 Å². The summed E-state index contributed by atoms with van der Waals surface area (Å²) in [6, 6.07) is 3.71. The van der Waals surface area contributed by atoms with Crippen LogP contribution in [0.15, 0.2) is 18.5 Å². The third-order valence-corrected chi connectivity index (χ3v) is 2.63. The van der Waals surface area contributed by atoms with Crippen molar-refractivity contribution in [1.29, 1.82) is 0 Å². The van der Waals surface area contributed by atoms with Gasteiger partial charge in [0.05, 0.1) is 22.4 Å². The molecule has 0 unspecified atom stereocenters. The molecule has 0 N–H and O–H groups in total. The molecule has 0 radical (unpaired) electrons. The molecule has 0 bridgehead atoms. The predicted octanol–water partition coefficient (Wildman–Crippen LogP) is 3.08. The van der Waals surface area contributed by atoms with Crippen molar-refractivity contribution < 1.29 is 4.79 Å². The van der Waals surface area contributed by atoms with E-state index in [0.29, 0.717) is 16.6 Å².